The fraction of sp³-hybridized carbons (Fsp3) is 0.182. The first-order valence-corrected chi connectivity index (χ1v) is 4.89. The number of aromatic nitrogens is 1. The molecular formula is C11H12N2S. The molecule has 3 heteroatoms. The molecule has 2 nitrogen and oxygen atoms in total. The summed E-state index contributed by atoms with van der Waals surface area (Å²) in [5.41, 5.74) is 2.14. The molecule has 0 fully saturated rings. The molecule has 0 amide bonds. The number of aromatic amines is 1. The number of thiocarbonyl (C=S) groups is 1. The van der Waals surface area contributed by atoms with E-state index in [1.54, 1.807) is 0 Å². The first-order valence-electron chi connectivity index (χ1n) is 4.48. The molecule has 0 saturated heterocycles. The van der Waals surface area contributed by atoms with Gasteiger partial charge in [0.2, 0.25) is 0 Å². The zero-order chi connectivity index (χ0) is 10.1. The van der Waals surface area contributed by atoms with Crippen LogP contribution in [0.5, 0.6) is 0 Å². The smallest absolute Gasteiger partial charge is 0.125 e. The fourth-order valence-electron chi connectivity index (χ4n) is 1.43. The predicted octanol–water partition coefficient (Wildman–Crippen LogP) is 2.41. The number of hydrogen-bond acceptors (Lipinski definition) is 1. The van der Waals surface area contributed by atoms with Crippen molar-refractivity contribution < 1.29 is 0 Å². The molecule has 0 bridgehead atoms. The molecule has 0 spiro atoms. The third-order valence-electron chi connectivity index (χ3n) is 2.17. The van der Waals surface area contributed by atoms with Gasteiger partial charge in [-0.25, -0.2) is 0 Å². The van der Waals surface area contributed by atoms with E-state index in [4.69, 9.17) is 12.2 Å². The van der Waals surface area contributed by atoms with E-state index in [9.17, 15) is 0 Å². The van der Waals surface area contributed by atoms with Crippen LogP contribution in [0.2, 0.25) is 0 Å². The van der Waals surface area contributed by atoms with E-state index >= 15 is 0 Å². The standard InChI is InChI=1S/C11H12N2S/c1-13(2)11(14)10-7-8-5-3-4-6-9(8)12-10/h3-7,12H,1-2H3. The Balaban J connectivity index is 2.50. The number of H-pyrrole nitrogens is 1. The van der Waals surface area contributed by atoms with Gasteiger partial charge in [0, 0.05) is 25.0 Å². The van der Waals surface area contributed by atoms with Gasteiger partial charge in [0.25, 0.3) is 0 Å². The van der Waals surface area contributed by atoms with Crippen molar-refractivity contribution in [3.63, 3.8) is 0 Å². The first kappa shape index (κ1) is 9.21. The second kappa shape index (κ2) is 3.42. The monoisotopic (exact) mass is 204 g/mol. The summed E-state index contributed by atoms with van der Waals surface area (Å²) in [5.74, 6) is 0. The molecule has 0 aliphatic rings. The van der Waals surface area contributed by atoms with Gasteiger partial charge in [0.15, 0.2) is 0 Å². The summed E-state index contributed by atoms with van der Waals surface area (Å²) in [4.78, 5) is 6.06. The Bertz CT molecular complexity index is 438. The van der Waals surface area contributed by atoms with Crippen LogP contribution in [-0.4, -0.2) is 29.0 Å². The van der Waals surface area contributed by atoms with Crippen molar-refractivity contribution in [1.29, 1.82) is 0 Å². The van der Waals surface area contributed by atoms with Crippen LogP contribution in [0.25, 0.3) is 10.9 Å². The summed E-state index contributed by atoms with van der Waals surface area (Å²) in [6.45, 7) is 0. The molecule has 0 unspecified atom stereocenters. The van der Waals surface area contributed by atoms with Crippen molar-refractivity contribution in [3.8, 4) is 0 Å². The molecule has 2 aromatic rings. The van der Waals surface area contributed by atoms with E-state index < -0.39 is 0 Å². The number of nitrogens with zero attached hydrogens (tertiary/aromatic N) is 1. The van der Waals surface area contributed by atoms with Gasteiger partial charge in [-0.1, -0.05) is 30.4 Å². The minimum absolute atomic E-state index is 0.834. The van der Waals surface area contributed by atoms with Gasteiger partial charge in [-0.05, 0) is 12.1 Å². The molecule has 0 aliphatic heterocycles. The number of fused-ring (bicyclic) bond motifs is 1. The lowest BCUT2D eigenvalue weighted by atomic mass is 10.2. The summed E-state index contributed by atoms with van der Waals surface area (Å²) < 4.78 is 0. The summed E-state index contributed by atoms with van der Waals surface area (Å²) in [7, 11) is 3.90. The Hall–Kier alpha value is -1.35. The molecular weight excluding hydrogens is 192 g/mol. The normalized spacial score (nSPS) is 10.4. The van der Waals surface area contributed by atoms with Crippen LogP contribution in [0.15, 0.2) is 30.3 Å². The highest BCUT2D eigenvalue weighted by Gasteiger charge is 2.06. The average molecular weight is 204 g/mol. The van der Waals surface area contributed by atoms with E-state index in [1.807, 2.05) is 31.1 Å². The van der Waals surface area contributed by atoms with E-state index in [-0.39, 0.29) is 0 Å². The number of nitrogens with one attached hydrogen (secondary N) is 1. The summed E-state index contributed by atoms with van der Waals surface area (Å²) in [6.07, 6.45) is 0. The second-order valence-electron chi connectivity index (χ2n) is 3.47. The highest BCUT2D eigenvalue weighted by molar-refractivity contribution is 7.80. The molecule has 0 radical (unpaired) electrons. The number of hydrogen-bond donors (Lipinski definition) is 1. The number of benzene rings is 1. The van der Waals surface area contributed by atoms with Crippen molar-refractivity contribution in [2.24, 2.45) is 0 Å². The van der Waals surface area contributed by atoms with Gasteiger partial charge >= 0.3 is 0 Å². The largest absolute Gasteiger partial charge is 0.367 e. The summed E-state index contributed by atoms with van der Waals surface area (Å²) in [5, 5.41) is 1.20. The van der Waals surface area contributed by atoms with Crippen molar-refractivity contribution in [3.05, 3.63) is 36.0 Å². The van der Waals surface area contributed by atoms with Crippen molar-refractivity contribution >= 4 is 28.1 Å². The topological polar surface area (TPSA) is 19.0 Å². The Morgan fingerprint density at radius 2 is 2.00 bits per heavy atom. The second-order valence-corrected chi connectivity index (χ2v) is 3.86. The van der Waals surface area contributed by atoms with Crippen LogP contribution in [-0.2, 0) is 0 Å². The molecule has 0 aliphatic carbocycles. The summed E-state index contributed by atoms with van der Waals surface area (Å²) >= 11 is 5.28. The zero-order valence-corrected chi connectivity index (χ0v) is 9.06. The quantitative estimate of drug-likeness (QED) is 0.719. The first-order chi connectivity index (χ1) is 6.68. The Morgan fingerprint density at radius 1 is 1.29 bits per heavy atom. The Morgan fingerprint density at radius 3 is 2.64 bits per heavy atom. The van der Waals surface area contributed by atoms with E-state index in [2.05, 4.69) is 23.2 Å². The van der Waals surface area contributed by atoms with E-state index in [1.165, 1.54) is 5.39 Å². The lowest BCUT2D eigenvalue weighted by molar-refractivity contribution is 0.635. The molecule has 72 valence electrons. The van der Waals surface area contributed by atoms with E-state index in [0.29, 0.717) is 0 Å². The average Bonchev–Trinajstić information content (AvgIpc) is 2.59. The van der Waals surface area contributed by atoms with Crippen LogP contribution < -0.4 is 0 Å². The maximum atomic E-state index is 5.28. The molecule has 1 aromatic heterocycles. The molecule has 1 heterocycles. The van der Waals surface area contributed by atoms with Crippen LogP contribution in [0.3, 0.4) is 0 Å². The number of para-hydroxylation sites is 1. The van der Waals surface area contributed by atoms with Crippen LogP contribution in [0, 0.1) is 0 Å². The lowest BCUT2D eigenvalue weighted by Gasteiger charge is -2.11. The molecule has 1 N–H and O–H groups in total. The molecule has 2 rings (SSSR count). The highest BCUT2D eigenvalue weighted by Crippen LogP contribution is 2.15. The van der Waals surface area contributed by atoms with Crippen LogP contribution in [0.4, 0.5) is 0 Å². The maximum absolute atomic E-state index is 5.28. The Labute approximate surface area is 88.5 Å². The lowest BCUT2D eigenvalue weighted by Crippen LogP contribution is -2.20. The molecule has 0 atom stereocenters. The SMILES string of the molecule is CN(C)C(=S)c1cc2ccccc2[nH]1. The van der Waals surface area contributed by atoms with Gasteiger partial charge < -0.3 is 9.88 Å². The van der Waals surface area contributed by atoms with Crippen molar-refractivity contribution in [1.82, 2.24) is 9.88 Å². The minimum atomic E-state index is 0.834. The summed E-state index contributed by atoms with van der Waals surface area (Å²) in [6, 6.07) is 10.3. The third kappa shape index (κ3) is 1.51. The van der Waals surface area contributed by atoms with Crippen molar-refractivity contribution in [2.75, 3.05) is 14.1 Å². The minimum Gasteiger partial charge on any atom is -0.367 e. The van der Waals surface area contributed by atoms with Gasteiger partial charge in [-0.2, -0.15) is 0 Å². The van der Waals surface area contributed by atoms with Crippen molar-refractivity contribution in [2.45, 2.75) is 0 Å². The Kier molecular flexibility index (Phi) is 2.25. The van der Waals surface area contributed by atoms with Gasteiger partial charge in [0.1, 0.15) is 4.99 Å². The maximum Gasteiger partial charge on any atom is 0.125 e. The van der Waals surface area contributed by atoms with Crippen LogP contribution in [0.1, 0.15) is 5.69 Å². The van der Waals surface area contributed by atoms with Crippen LogP contribution >= 0.6 is 12.2 Å². The van der Waals surface area contributed by atoms with Gasteiger partial charge in [-0.15, -0.1) is 0 Å². The number of rotatable bonds is 1. The third-order valence-corrected chi connectivity index (χ3v) is 2.75. The molecule has 1 aromatic carbocycles. The van der Waals surface area contributed by atoms with E-state index in [0.717, 1.165) is 16.2 Å². The highest BCUT2D eigenvalue weighted by atomic mass is 32.1. The molecule has 0 saturated carbocycles. The zero-order valence-electron chi connectivity index (χ0n) is 8.24. The molecule has 14 heavy (non-hydrogen) atoms. The fourth-order valence-corrected chi connectivity index (χ4v) is 1.54. The van der Waals surface area contributed by atoms with Gasteiger partial charge in [0.05, 0.1) is 5.69 Å². The predicted molar refractivity (Wildman–Crippen MR) is 63.7 cm³/mol. The van der Waals surface area contributed by atoms with Gasteiger partial charge in [-0.3, -0.25) is 0 Å².